The Balaban J connectivity index is 2.37. The van der Waals surface area contributed by atoms with E-state index < -0.39 is 0 Å². The first-order chi connectivity index (χ1) is 8.58. The van der Waals surface area contributed by atoms with E-state index in [1.165, 1.54) is 0 Å². The average Bonchev–Trinajstić information content (AvgIpc) is 2.33. The van der Waals surface area contributed by atoms with Crippen LogP contribution in [0.1, 0.15) is 16.8 Å². The molecular weight excluding hydrogens is 246 g/mol. The molecule has 3 nitrogen and oxygen atoms in total. The van der Waals surface area contributed by atoms with Gasteiger partial charge in [-0.2, -0.15) is 5.26 Å². The highest BCUT2D eigenvalue weighted by molar-refractivity contribution is 6.30. The van der Waals surface area contributed by atoms with E-state index in [0.29, 0.717) is 16.4 Å². The van der Waals surface area contributed by atoms with Crippen LogP contribution in [0.4, 0.5) is 11.5 Å². The number of hydrogen-bond donors (Lipinski definition) is 1. The maximum absolute atomic E-state index is 8.92. The summed E-state index contributed by atoms with van der Waals surface area (Å²) in [5.74, 6) is 0.650. The Kier molecular flexibility index (Phi) is 3.50. The number of nitrogens with zero attached hydrogens (tertiary/aromatic N) is 2. The maximum atomic E-state index is 8.92. The lowest BCUT2D eigenvalue weighted by molar-refractivity contribution is 1.19. The first-order valence-corrected chi connectivity index (χ1v) is 5.88. The third-order valence-electron chi connectivity index (χ3n) is 2.54. The molecule has 2 rings (SSSR count). The Morgan fingerprint density at radius 2 is 2.00 bits per heavy atom. The van der Waals surface area contributed by atoms with Crippen molar-refractivity contribution >= 4 is 23.1 Å². The van der Waals surface area contributed by atoms with Crippen molar-refractivity contribution in [3.05, 3.63) is 52.2 Å². The quantitative estimate of drug-likeness (QED) is 0.886. The summed E-state index contributed by atoms with van der Waals surface area (Å²) in [7, 11) is 0. The molecule has 0 aliphatic carbocycles. The molecule has 0 aliphatic heterocycles. The lowest BCUT2D eigenvalue weighted by atomic mass is 10.2. The lowest BCUT2D eigenvalue weighted by Gasteiger charge is -2.10. The third kappa shape index (κ3) is 2.79. The molecule has 1 heterocycles. The molecule has 1 aromatic heterocycles. The van der Waals surface area contributed by atoms with Crippen molar-refractivity contribution in [1.82, 2.24) is 4.98 Å². The zero-order valence-corrected chi connectivity index (χ0v) is 10.9. The van der Waals surface area contributed by atoms with Crippen LogP contribution in [-0.2, 0) is 0 Å². The number of anilines is 2. The number of halogens is 1. The van der Waals surface area contributed by atoms with Crippen LogP contribution < -0.4 is 5.32 Å². The fourth-order valence-electron chi connectivity index (χ4n) is 1.66. The molecule has 4 heteroatoms. The molecule has 1 N–H and O–H groups in total. The first kappa shape index (κ1) is 12.4. The van der Waals surface area contributed by atoms with Crippen molar-refractivity contribution in [2.45, 2.75) is 13.8 Å². The highest BCUT2D eigenvalue weighted by atomic mass is 35.5. The summed E-state index contributed by atoms with van der Waals surface area (Å²) < 4.78 is 0. The van der Waals surface area contributed by atoms with Gasteiger partial charge in [0.05, 0.1) is 11.6 Å². The van der Waals surface area contributed by atoms with E-state index in [2.05, 4.69) is 16.4 Å². The topological polar surface area (TPSA) is 48.7 Å². The van der Waals surface area contributed by atoms with Crippen LogP contribution in [0.2, 0.25) is 5.02 Å². The maximum Gasteiger partial charge on any atom is 0.131 e. The fourth-order valence-corrected chi connectivity index (χ4v) is 1.84. The molecule has 0 fully saturated rings. The number of aromatic nitrogens is 1. The Hall–Kier alpha value is -2.05. The smallest absolute Gasteiger partial charge is 0.131 e. The van der Waals surface area contributed by atoms with Gasteiger partial charge >= 0.3 is 0 Å². The summed E-state index contributed by atoms with van der Waals surface area (Å²) in [4.78, 5) is 4.34. The minimum atomic E-state index is 0.588. The second kappa shape index (κ2) is 5.07. The van der Waals surface area contributed by atoms with E-state index in [1.54, 1.807) is 12.1 Å². The highest BCUT2D eigenvalue weighted by Gasteiger charge is 2.03. The van der Waals surface area contributed by atoms with Gasteiger partial charge < -0.3 is 5.32 Å². The van der Waals surface area contributed by atoms with Crippen molar-refractivity contribution in [1.29, 1.82) is 5.26 Å². The van der Waals surface area contributed by atoms with Gasteiger partial charge in [-0.3, -0.25) is 0 Å². The van der Waals surface area contributed by atoms with E-state index in [9.17, 15) is 0 Å². The van der Waals surface area contributed by atoms with Crippen molar-refractivity contribution in [3.63, 3.8) is 0 Å². The van der Waals surface area contributed by atoms with Gasteiger partial charge in [0.15, 0.2) is 0 Å². The standard InChI is InChI=1S/C14H12ClN3/c1-9-3-4-12(15)7-13(9)18-14-6-11(8-16)5-10(2)17-14/h3-7H,1-2H3,(H,17,18). The van der Waals surface area contributed by atoms with Gasteiger partial charge in [0.2, 0.25) is 0 Å². The van der Waals surface area contributed by atoms with E-state index >= 15 is 0 Å². The molecular formula is C14H12ClN3. The predicted molar refractivity (Wildman–Crippen MR) is 73.2 cm³/mol. The normalized spacial score (nSPS) is 9.89. The molecule has 0 unspecified atom stereocenters. The lowest BCUT2D eigenvalue weighted by Crippen LogP contribution is -1.97. The van der Waals surface area contributed by atoms with Crippen LogP contribution in [0.15, 0.2) is 30.3 Å². The molecule has 0 saturated carbocycles. The van der Waals surface area contributed by atoms with Gasteiger partial charge in [0.25, 0.3) is 0 Å². The largest absolute Gasteiger partial charge is 0.340 e. The van der Waals surface area contributed by atoms with Gasteiger partial charge in [0, 0.05) is 16.4 Å². The van der Waals surface area contributed by atoms with Crippen LogP contribution >= 0.6 is 11.6 Å². The number of pyridine rings is 1. The molecule has 1 aromatic carbocycles. The molecule has 0 amide bonds. The summed E-state index contributed by atoms with van der Waals surface area (Å²) in [5, 5.41) is 12.8. The summed E-state index contributed by atoms with van der Waals surface area (Å²) >= 11 is 5.96. The molecule has 0 atom stereocenters. The minimum Gasteiger partial charge on any atom is -0.340 e. The number of nitrogens with one attached hydrogen (secondary N) is 1. The number of hydrogen-bond acceptors (Lipinski definition) is 3. The summed E-state index contributed by atoms with van der Waals surface area (Å²) in [6.07, 6.45) is 0. The fraction of sp³-hybridized carbons (Fsp3) is 0.143. The first-order valence-electron chi connectivity index (χ1n) is 5.50. The third-order valence-corrected chi connectivity index (χ3v) is 2.78. The molecule has 0 saturated heterocycles. The molecule has 90 valence electrons. The van der Waals surface area contributed by atoms with Crippen molar-refractivity contribution < 1.29 is 0 Å². The summed E-state index contributed by atoms with van der Waals surface area (Å²) in [5.41, 5.74) is 3.35. The zero-order chi connectivity index (χ0) is 13.1. The van der Waals surface area contributed by atoms with Gasteiger partial charge in [0.1, 0.15) is 5.82 Å². The summed E-state index contributed by atoms with van der Waals surface area (Å²) in [6.45, 7) is 3.84. The number of benzene rings is 1. The number of aryl methyl sites for hydroxylation is 2. The summed E-state index contributed by atoms with van der Waals surface area (Å²) in [6, 6.07) is 11.2. The second-order valence-electron chi connectivity index (χ2n) is 4.08. The Labute approximate surface area is 111 Å². The van der Waals surface area contributed by atoms with E-state index in [0.717, 1.165) is 16.9 Å². The van der Waals surface area contributed by atoms with Crippen molar-refractivity contribution in [2.75, 3.05) is 5.32 Å². The molecule has 0 bridgehead atoms. The molecule has 0 aliphatic rings. The van der Waals surface area contributed by atoms with Gasteiger partial charge in [-0.25, -0.2) is 4.98 Å². The van der Waals surface area contributed by atoms with E-state index in [-0.39, 0.29) is 0 Å². The molecule has 0 spiro atoms. The van der Waals surface area contributed by atoms with Crippen LogP contribution in [0, 0.1) is 25.2 Å². The van der Waals surface area contributed by atoms with Crippen molar-refractivity contribution in [3.8, 4) is 6.07 Å². The Morgan fingerprint density at radius 1 is 1.22 bits per heavy atom. The number of nitriles is 1. The number of rotatable bonds is 2. The monoisotopic (exact) mass is 257 g/mol. The molecule has 2 aromatic rings. The van der Waals surface area contributed by atoms with E-state index in [4.69, 9.17) is 16.9 Å². The zero-order valence-electron chi connectivity index (χ0n) is 10.2. The highest BCUT2D eigenvalue weighted by Crippen LogP contribution is 2.23. The van der Waals surface area contributed by atoms with Crippen LogP contribution in [0.5, 0.6) is 0 Å². The molecule has 18 heavy (non-hydrogen) atoms. The van der Waals surface area contributed by atoms with Crippen LogP contribution in [0.25, 0.3) is 0 Å². The van der Waals surface area contributed by atoms with Gasteiger partial charge in [-0.1, -0.05) is 17.7 Å². The van der Waals surface area contributed by atoms with Crippen LogP contribution in [-0.4, -0.2) is 4.98 Å². The van der Waals surface area contributed by atoms with Crippen molar-refractivity contribution in [2.24, 2.45) is 0 Å². The van der Waals surface area contributed by atoms with Crippen LogP contribution in [0.3, 0.4) is 0 Å². The Morgan fingerprint density at radius 3 is 2.72 bits per heavy atom. The van der Waals surface area contributed by atoms with E-state index in [1.807, 2.05) is 32.0 Å². The second-order valence-corrected chi connectivity index (χ2v) is 4.51. The molecule has 0 radical (unpaired) electrons. The minimum absolute atomic E-state index is 0.588. The predicted octanol–water partition coefficient (Wildman–Crippen LogP) is 3.97. The average molecular weight is 258 g/mol. The van der Waals surface area contributed by atoms with Gasteiger partial charge in [-0.05, 0) is 43.7 Å². The SMILES string of the molecule is Cc1cc(C#N)cc(Nc2cc(Cl)ccc2C)n1. The van der Waals surface area contributed by atoms with Gasteiger partial charge in [-0.15, -0.1) is 0 Å². The Bertz CT molecular complexity index is 629.